The summed E-state index contributed by atoms with van der Waals surface area (Å²) in [5, 5.41) is 10.7. The SMILES string of the molecule is CCCC(OCC)C(O)c1cc(Cl)cnc1N. The van der Waals surface area contributed by atoms with Crippen LogP contribution in [0, 0.1) is 0 Å². The fourth-order valence-electron chi connectivity index (χ4n) is 1.73. The number of rotatable bonds is 6. The van der Waals surface area contributed by atoms with Crippen molar-refractivity contribution in [1.82, 2.24) is 4.98 Å². The van der Waals surface area contributed by atoms with Gasteiger partial charge in [-0.1, -0.05) is 24.9 Å². The largest absolute Gasteiger partial charge is 0.386 e. The normalized spacial score (nSPS) is 14.6. The molecule has 0 aliphatic rings. The molecule has 3 N–H and O–H groups in total. The van der Waals surface area contributed by atoms with E-state index < -0.39 is 6.10 Å². The van der Waals surface area contributed by atoms with Crippen LogP contribution in [0.25, 0.3) is 0 Å². The Morgan fingerprint density at radius 3 is 2.82 bits per heavy atom. The Balaban J connectivity index is 2.91. The van der Waals surface area contributed by atoms with Gasteiger partial charge in [0.05, 0.1) is 11.1 Å². The molecule has 0 radical (unpaired) electrons. The van der Waals surface area contributed by atoms with Crippen molar-refractivity contribution in [2.75, 3.05) is 12.3 Å². The summed E-state index contributed by atoms with van der Waals surface area (Å²) in [5.41, 5.74) is 6.27. The maximum absolute atomic E-state index is 10.2. The number of pyridine rings is 1. The molecule has 0 aliphatic heterocycles. The van der Waals surface area contributed by atoms with Crippen molar-refractivity contribution >= 4 is 17.4 Å². The summed E-state index contributed by atoms with van der Waals surface area (Å²) in [6.45, 7) is 4.49. The first kappa shape index (κ1) is 14.2. The van der Waals surface area contributed by atoms with Crippen molar-refractivity contribution in [3.63, 3.8) is 0 Å². The van der Waals surface area contributed by atoms with Crippen LogP contribution in [0.2, 0.25) is 5.02 Å². The second kappa shape index (κ2) is 6.79. The molecule has 2 unspecified atom stereocenters. The van der Waals surface area contributed by atoms with Crippen molar-refractivity contribution in [3.05, 3.63) is 22.8 Å². The van der Waals surface area contributed by atoms with Gasteiger partial charge in [-0.15, -0.1) is 0 Å². The minimum Gasteiger partial charge on any atom is -0.386 e. The van der Waals surface area contributed by atoms with Crippen LogP contribution in [0.1, 0.15) is 38.4 Å². The van der Waals surface area contributed by atoms with Crippen LogP contribution < -0.4 is 5.73 Å². The van der Waals surface area contributed by atoms with Gasteiger partial charge in [-0.05, 0) is 19.4 Å². The minimum atomic E-state index is -0.791. The number of anilines is 1. The highest BCUT2D eigenvalue weighted by Crippen LogP contribution is 2.27. The number of halogens is 1. The number of hydrogen-bond donors (Lipinski definition) is 2. The van der Waals surface area contributed by atoms with Crippen LogP contribution in [-0.4, -0.2) is 22.8 Å². The predicted molar refractivity (Wildman–Crippen MR) is 68.9 cm³/mol. The zero-order chi connectivity index (χ0) is 12.8. The van der Waals surface area contributed by atoms with Gasteiger partial charge in [0.1, 0.15) is 11.9 Å². The summed E-state index contributed by atoms with van der Waals surface area (Å²) in [6, 6.07) is 1.64. The Kier molecular flexibility index (Phi) is 5.68. The van der Waals surface area contributed by atoms with Gasteiger partial charge >= 0.3 is 0 Å². The lowest BCUT2D eigenvalue weighted by molar-refractivity contribution is -0.0382. The van der Waals surface area contributed by atoms with E-state index in [4.69, 9.17) is 22.1 Å². The fraction of sp³-hybridized carbons (Fsp3) is 0.583. The summed E-state index contributed by atoms with van der Waals surface area (Å²) in [7, 11) is 0. The van der Waals surface area contributed by atoms with Crippen molar-refractivity contribution in [2.45, 2.75) is 38.9 Å². The number of nitrogens with two attached hydrogens (primary N) is 1. The highest BCUT2D eigenvalue weighted by atomic mass is 35.5. The highest BCUT2D eigenvalue weighted by molar-refractivity contribution is 6.30. The average Bonchev–Trinajstić information content (AvgIpc) is 2.31. The van der Waals surface area contributed by atoms with Crippen molar-refractivity contribution in [1.29, 1.82) is 0 Å². The van der Waals surface area contributed by atoms with Gasteiger partial charge in [-0.2, -0.15) is 0 Å². The molecule has 1 aromatic rings. The fourth-order valence-corrected chi connectivity index (χ4v) is 1.90. The molecule has 1 heterocycles. The van der Waals surface area contributed by atoms with Crippen molar-refractivity contribution in [3.8, 4) is 0 Å². The summed E-state index contributed by atoms with van der Waals surface area (Å²) >= 11 is 5.85. The van der Waals surface area contributed by atoms with Crippen LogP contribution in [0.4, 0.5) is 5.82 Å². The monoisotopic (exact) mass is 258 g/mol. The first-order valence-corrected chi connectivity index (χ1v) is 6.18. The maximum Gasteiger partial charge on any atom is 0.129 e. The molecule has 1 rings (SSSR count). The molecule has 17 heavy (non-hydrogen) atoms. The molecule has 0 spiro atoms. The highest BCUT2D eigenvalue weighted by Gasteiger charge is 2.23. The maximum atomic E-state index is 10.2. The molecule has 5 heteroatoms. The molecule has 0 bridgehead atoms. The van der Waals surface area contributed by atoms with E-state index >= 15 is 0 Å². The molecular weight excluding hydrogens is 240 g/mol. The van der Waals surface area contributed by atoms with Gasteiger partial charge in [0, 0.05) is 18.4 Å². The van der Waals surface area contributed by atoms with Crippen molar-refractivity contribution < 1.29 is 9.84 Å². The average molecular weight is 259 g/mol. The number of aromatic nitrogens is 1. The standard InChI is InChI=1S/C12H19ClN2O2/c1-3-5-10(17-4-2)11(16)9-6-8(13)7-15-12(9)14/h6-7,10-11,16H,3-5H2,1-2H3,(H2,14,15). The van der Waals surface area contributed by atoms with Gasteiger partial charge in [-0.25, -0.2) is 4.98 Å². The third-order valence-corrected chi connectivity index (χ3v) is 2.75. The summed E-state index contributed by atoms with van der Waals surface area (Å²) in [6.07, 6.45) is 2.09. The lowest BCUT2D eigenvalue weighted by Gasteiger charge is -2.23. The lowest BCUT2D eigenvalue weighted by atomic mass is 10.0. The summed E-state index contributed by atoms with van der Waals surface area (Å²) < 4.78 is 5.52. The Hall–Kier alpha value is -0.840. The van der Waals surface area contributed by atoms with Crippen LogP contribution in [-0.2, 0) is 4.74 Å². The van der Waals surface area contributed by atoms with E-state index in [0.717, 1.165) is 12.8 Å². The molecule has 0 saturated carbocycles. The van der Waals surface area contributed by atoms with E-state index in [2.05, 4.69) is 4.98 Å². The zero-order valence-electron chi connectivity index (χ0n) is 10.2. The number of hydrogen-bond acceptors (Lipinski definition) is 4. The van der Waals surface area contributed by atoms with E-state index in [1.807, 2.05) is 13.8 Å². The second-order valence-electron chi connectivity index (χ2n) is 3.86. The van der Waals surface area contributed by atoms with E-state index in [0.29, 0.717) is 23.0 Å². The predicted octanol–water partition coefficient (Wildman–Crippen LogP) is 2.56. The van der Waals surface area contributed by atoms with Gasteiger partial charge in [0.2, 0.25) is 0 Å². The first-order valence-electron chi connectivity index (χ1n) is 5.80. The molecule has 0 amide bonds. The van der Waals surface area contributed by atoms with Gasteiger partial charge in [0.25, 0.3) is 0 Å². The number of nitrogens with zero attached hydrogens (tertiary/aromatic N) is 1. The minimum absolute atomic E-state index is 0.271. The molecule has 4 nitrogen and oxygen atoms in total. The van der Waals surface area contributed by atoms with E-state index in [1.165, 1.54) is 6.20 Å². The summed E-state index contributed by atoms with van der Waals surface area (Å²) in [5.74, 6) is 0.294. The topological polar surface area (TPSA) is 68.4 Å². The number of aliphatic hydroxyl groups is 1. The molecule has 0 aromatic carbocycles. The van der Waals surface area contributed by atoms with E-state index in [1.54, 1.807) is 6.07 Å². The molecule has 1 aromatic heterocycles. The van der Waals surface area contributed by atoms with Gasteiger partial charge in [-0.3, -0.25) is 0 Å². The van der Waals surface area contributed by atoms with Crippen LogP contribution >= 0.6 is 11.6 Å². The van der Waals surface area contributed by atoms with E-state index in [-0.39, 0.29) is 6.10 Å². The molecular formula is C12H19ClN2O2. The van der Waals surface area contributed by atoms with Crippen molar-refractivity contribution in [2.24, 2.45) is 0 Å². The van der Waals surface area contributed by atoms with Crippen LogP contribution in [0.5, 0.6) is 0 Å². The molecule has 0 fully saturated rings. The number of ether oxygens (including phenoxy) is 1. The quantitative estimate of drug-likeness (QED) is 0.823. The lowest BCUT2D eigenvalue weighted by Crippen LogP contribution is -2.23. The third kappa shape index (κ3) is 3.84. The van der Waals surface area contributed by atoms with Gasteiger partial charge in [0.15, 0.2) is 0 Å². The Morgan fingerprint density at radius 1 is 1.53 bits per heavy atom. The van der Waals surface area contributed by atoms with Gasteiger partial charge < -0.3 is 15.6 Å². The molecule has 0 aliphatic carbocycles. The van der Waals surface area contributed by atoms with Crippen LogP contribution in [0.3, 0.4) is 0 Å². The zero-order valence-corrected chi connectivity index (χ0v) is 10.9. The molecule has 96 valence electrons. The Morgan fingerprint density at radius 2 is 2.24 bits per heavy atom. The smallest absolute Gasteiger partial charge is 0.129 e. The molecule has 2 atom stereocenters. The molecule has 0 saturated heterocycles. The Labute approximate surface area is 107 Å². The Bertz CT molecular complexity index is 354. The number of aliphatic hydroxyl groups excluding tert-OH is 1. The number of nitrogen functional groups attached to an aromatic ring is 1. The van der Waals surface area contributed by atoms with E-state index in [9.17, 15) is 5.11 Å². The summed E-state index contributed by atoms with van der Waals surface area (Å²) in [4.78, 5) is 3.93. The van der Waals surface area contributed by atoms with Crippen LogP contribution in [0.15, 0.2) is 12.3 Å². The second-order valence-corrected chi connectivity index (χ2v) is 4.29. The first-order chi connectivity index (χ1) is 8.10. The third-order valence-electron chi connectivity index (χ3n) is 2.54.